The van der Waals surface area contributed by atoms with Crippen LogP contribution in [-0.4, -0.2) is 0 Å². The zero-order chi connectivity index (χ0) is 16.6. The summed E-state index contributed by atoms with van der Waals surface area (Å²) in [7, 11) is 2.10. The molecule has 5 heteroatoms. The molecule has 0 unspecified atom stereocenters. The standard InChI is InChI=1S/C19H18NO3S/c1-9(2)7-11-17-16(20(4)12-5-6-24-18(11)12)14-10(3)22-19-15(14)13(23-17)8-21-19/h5-6,8-9H,7H2,1-4H3/q+1. The summed E-state index contributed by atoms with van der Waals surface area (Å²) in [5.74, 6) is 3.66. The van der Waals surface area contributed by atoms with E-state index in [0.717, 1.165) is 40.3 Å². The van der Waals surface area contributed by atoms with E-state index < -0.39 is 0 Å². The first-order chi connectivity index (χ1) is 11.6. The van der Waals surface area contributed by atoms with Crippen LogP contribution in [0.15, 0.2) is 26.5 Å². The van der Waals surface area contributed by atoms with E-state index in [2.05, 4.69) is 36.9 Å². The van der Waals surface area contributed by atoms with Gasteiger partial charge in [-0.15, -0.1) is 11.3 Å². The van der Waals surface area contributed by atoms with Crippen molar-refractivity contribution >= 4 is 32.7 Å². The van der Waals surface area contributed by atoms with Gasteiger partial charge in [0.05, 0.1) is 0 Å². The molecule has 0 fully saturated rings. The molecule has 0 saturated heterocycles. The average Bonchev–Trinajstić information content (AvgIpc) is 3.23. The van der Waals surface area contributed by atoms with Crippen LogP contribution in [-0.2, 0) is 13.5 Å². The van der Waals surface area contributed by atoms with Crippen molar-refractivity contribution in [2.75, 3.05) is 0 Å². The number of nitrogens with zero attached hydrogens (tertiary/aromatic N) is 1. The topological polar surface area (TPSA) is 39.4 Å². The van der Waals surface area contributed by atoms with Crippen LogP contribution in [0.1, 0.15) is 25.2 Å². The van der Waals surface area contributed by atoms with Gasteiger partial charge < -0.3 is 13.6 Å². The van der Waals surface area contributed by atoms with E-state index in [1.807, 2.05) is 6.92 Å². The van der Waals surface area contributed by atoms with Crippen molar-refractivity contribution in [1.82, 2.24) is 0 Å². The number of hydrogen-bond donors (Lipinski definition) is 0. The monoisotopic (exact) mass is 340 g/mol. The molecule has 0 amide bonds. The molecule has 0 aromatic carbocycles. The Bertz CT molecular complexity index is 1110. The first-order valence-electron chi connectivity index (χ1n) is 8.17. The highest BCUT2D eigenvalue weighted by Crippen LogP contribution is 2.51. The summed E-state index contributed by atoms with van der Waals surface area (Å²) in [6.45, 7) is 6.47. The fourth-order valence-electron chi connectivity index (χ4n) is 3.76. The van der Waals surface area contributed by atoms with Crippen LogP contribution >= 0.6 is 11.3 Å². The maximum atomic E-state index is 6.33. The Balaban J connectivity index is 1.96. The van der Waals surface area contributed by atoms with Crippen molar-refractivity contribution in [3.05, 3.63) is 29.0 Å². The second kappa shape index (κ2) is 4.63. The molecule has 0 bridgehead atoms. The van der Waals surface area contributed by atoms with Crippen molar-refractivity contribution in [2.24, 2.45) is 13.0 Å². The van der Waals surface area contributed by atoms with E-state index >= 15 is 0 Å². The number of hydrogen-bond acceptors (Lipinski definition) is 4. The molecule has 1 aliphatic rings. The van der Waals surface area contributed by atoms with Gasteiger partial charge in [0.1, 0.15) is 34.7 Å². The predicted octanol–water partition coefficient (Wildman–Crippen LogP) is 5.34. The largest absolute Gasteiger partial charge is 0.446 e. The van der Waals surface area contributed by atoms with Gasteiger partial charge in [0.25, 0.3) is 5.69 Å². The second-order valence-corrected chi connectivity index (χ2v) is 7.76. The molecule has 0 aliphatic carbocycles. The summed E-state index contributed by atoms with van der Waals surface area (Å²) in [4.78, 5) is 0. The summed E-state index contributed by atoms with van der Waals surface area (Å²) >= 11 is 1.78. The van der Waals surface area contributed by atoms with E-state index in [1.54, 1.807) is 17.6 Å². The van der Waals surface area contributed by atoms with Gasteiger partial charge in [0.15, 0.2) is 5.75 Å². The lowest BCUT2D eigenvalue weighted by molar-refractivity contribution is -0.633. The molecule has 4 aromatic heterocycles. The minimum atomic E-state index is 0.541. The van der Waals surface area contributed by atoms with Crippen LogP contribution in [0.3, 0.4) is 0 Å². The maximum absolute atomic E-state index is 6.33. The van der Waals surface area contributed by atoms with E-state index in [0.29, 0.717) is 11.7 Å². The summed E-state index contributed by atoms with van der Waals surface area (Å²) < 4.78 is 21.2. The number of aryl methyl sites for hydroxylation is 2. The van der Waals surface area contributed by atoms with E-state index in [-0.39, 0.29) is 0 Å². The van der Waals surface area contributed by atoms with Gasteiger partial charge in [0.2, 0.25) is 11.3 Å². The first-order valence-corrected chi connectivity index (χ1v) is 9.05. The Hall–Kier alpha value is -2.27. The van der Waals surface area contributed by atoms with Crippen LogP contribution < -0.4 is 9.30 Å². The Morgan fingerprint density at radius 2 is 2.12 bits per heavy atom. The highest BCUT2D eigenvalue weighted by molar-refractivity contribution is 7.17. The quantitative estimate of drug-likeness (QED) is 0.407. The van der Waals surface area contributed by atoms with Crippen LogP contribution in [0.2, 0.25) is 0 Å². The molecule has 24 heavy (non-hydrogen) atoms. The number of fused-ring (bicyclic) bond motifs is 3. The van der Waals surface area contributed by atoms with Crippen molar-refractivity contribution < 1.29 is 18.1 Å². The Morgan fingerprint density at radius 1 is 1.29 bits per heavy atom. The third-order valence-electron chi connectivity index (χ3n) is 4.74. The lowest BCUT2D eigenvalue weighted by Crippen LogP contribution is -2.33. The summed E-state index contributed by atoms with van der Waals surface area (Å²) in [6.07, 6.45) is 2.63. The minimum absolute atomic E-state index is 0.541. The highest BCUT2D eigenvalue weighted by atomic mass is 32.1. The number of aromatic nitrogens is 1. The van der Waals surface area contributed by atoms with E-state index in [9.17, 15) is 0 Å². The molecular formula is C19H18NO3S+. The number of thiophene rings is 1. The summed E-state index contributed by atoms with van der Waals surface area (Å²) in [5.41, 5.74) is 4.69. The van der Waals surface area contributed by atoms with Crippen molar-refractivity contribution in [3.63, 3.8) is 0 Å². The molecule has 0 N–H and O–H groups in total. The second-order valence-electron chi connectivity index (χ2n) is 6.85. The molecule has 0 radical (unpaired) electrons. The predicted molar refractivity (Wildman–Crippen MR) is 93.8 cm³/mol. The van der Waals surface area contributed by atoms with Gasteiger partial charge in [0, 0.05) is 11.6 Å². The van der Waals surface area contributed by atoms with Crippen LogP contribution in [0, 0.1) is 12.8 Å². The summed E-state index contributed by atoms with van der Waals surface area (Å²) in [5, 5.41) is 3.10. The van der Waals surface area contributed by atoms with Gasteiger partial charge in [-0.25, -0.2) is 0 Å². The zero-order valence-corrected chi connectivity index (χ0v) is 14.9. The van der Waals surface area contributed by atoms with Crippen LogP contribution in [0.25, 0.3) is 32.6 Å². The molecule has 5 rings (SSSR count). The number of furan rings is 2. The third kappa shape index (κ3) is 1.65. The molecule has 0 spiro atoms. The lowest BCUT2D eigenvalue weighted by atomic mass is 9.96. The average molecular weight is 340 g/mol. The number of ether oxygens (including phenoxy) is 1. The van der Waals surface area contributed by atoms with Gasteiger partial charge >= 0.3 is 5.78 Å². The Labute approximate surface area is 143 Å². The first kappa shape index (κ1) is 14.1. The lowest BCUT2D eigenvalue weighted by Gasteiger charge is -2.18. The fourth-order valence-corrected chi connectivity index (χ4v) is 4.74. The van der Waals surface area contributed by atoms with Crippen molar-refractivity contribution in [1.29, 1.82) is 0 Å². The minimum Gasteiger partial charge on any atom is -0.446 e. The summed E-state index contributed by atoms with van der Waals surface area (Å²) in [6, 6.07) is 2.18. The number of pyridine rings is 1. The molecule has 4 nitrogen and oxygen atoms in total. The molecule has 1 aliphatic heterocycles. The normalized spacial score (nSPS) is 13.0. The van der Waals surface area contributed by atoms with E-state index in [1.165, 1.54) is 15.8 Å². The molecule has 0 atom stereocenters. The van der Waals surface area contributed by atoms with Gasteiger partial charge in [-0.3, -0.25) is 0 Å². The Kier molecular flexibility index (Phi) is 2.72. The molecular weight excluding hydrogens is 322 g/mol. The van der Waals surface area contributed by atoms with Gasteiger partial charge in [-0.1, -0.05) is 13.8 Å². The fraction of sp³-hybridized carbons (Fsp3) is 0.316. The highest BCUT2D eigenvalue weighted by Gasteiger charge is 2.38. The van der Waals surface area contributed by atoms with Crippen LogP contribution in [0.4, 0.5) is 0 Å². The number of rotatable bonds is 2. The SMILES string of the molecule is Cc1oc2occ3c2c1-c1c(c(CC(C)C)c2sccc2[n+]1C)O3. The maximum Gasteiger partial charge on any atom is 0.302 e. The van der Waals surface area contributed by atoms with Crippen molar-refractivity contribution in [3.8, 4) is 22.8 Å². The van der Waals surface area contributed by atoms with Gasteiger partial charge in [-0.2, -0.15) is 4.57 Å². The smallest absolute Gasteiger partial charge is 0.302 e. The third-order valence-corrected chi connectivity index (χ3v) is 5.70. The Morgan fingerprint density at radius 3 is 2.92 bits per heavy atom. The molecule has 4 aromatic rings. The molecule has 122 valence electrons. The van der Waals surface area contributed by atoms with E-state index in [4.69, 9.17) is 13.6 Å². The van der Waals surface area contributed by atoms with Crippen molar-refractivity contribution in [2.45, 2.75) is 27.2 Å². The van der Waals surface area contributed by atoms with Crippen LogP contribution in [0.5, 0.6) is 11.5 Å². The zero-order valence-electron chi connectivity index (χ0n) is 14.1. The molecule has 5 heterocycles. The van der Waals surface area contributed by atoms with Gasteiger partial charge in [-0.05, 0) is 24.6 Å². The molecule has 0 saturated carbocycles.